The van der Waals surface area contributed by atoms with Crippen LogP contribution in [-0.4, -0.2) is 38.5 Å². The van der Waals surface area contributed by atoms with Crippen molar-refractivity contribution in [2.75, 3.05) is 18.8 Å². The Bertz CT molecular complexity index is 658. The molecule has 0 radical (unpaired) electrons. The van der Waals surface area contributed by atoms with Crippen molar-refractivity contribution < 1.29 is 0 Å². The number of para-hydroxylation sites is 1. The maximum Gasteiger partial charge on any atom is 0.195 e. The molecule has 5 heteroatoms. The van der Waals surface area contributed by atoms with Crippen LogP contribution in [-0.2, 0) is 6.54 Å². The van der Waals surface area contributed by atoms with E-state index in [-0.39, 0.29) is 0 Å². The van der Waals surface area contributed by atoms with Crippen molar-refractivity contribution >= 4 is 11.8 Å². The van der Waals surface area contributed by atoms with Gasteiger partial charge in [-0.1, -0.05) is 49.2 Å². The van der Waals surface area contributed by atoms with E-state index >= 15 is 0 Å². The van der Waals surface area contributed by atoms with Gasteiger partial charge in [0.25, 0.3) is 0 Å². The highest BCUT2D eigenvalue weighted by Gasteiger charge is 2.21. The molecule has 0 atom stereocenters. The van der Waals surface area contributed by atoms with Crippen molar-refractivity contribution in [3.05, 3.63) is 36.2 Å². The van der Waals surface area contributed by atoms with E-state index in [9.17, 15) is 0 Å². The molecule has 0 N–H and O–H groups in total. The normalized spacial score (nSPS) is 19.5. The van der Waals surface area contributed by atoms with E-state index in [2.05, 4.69) is 50.0 Å². The Hall–Kier alpha value is -1.33. The number of hydrogen-bond donors (Lipinski definition) is 0. The number of nitrogens with zero attached hydrogens (tertiary/aromatic N) is 4. The van der Waals surface area contributed by atoms with Crippen molar-refractivity contribution in [2.24, 2.45) is 5.92 Å². The van der Waals surface area contributed by atoms with Gasteiger partial charge in [-0.3, -0.25) is 9.47 Å². The third kappa shape index (κ3) is 4.26. The predicted molar refractivity (Wildman–Crippen MR) is 103 cm³/mol. The molecule has 0 amide bonds. The first-order valence-electron chi connectivity index (χ1n) is 9.75. The third-order valence-electron chi connectivity index (χ3n) is 5.45. The summed E-state index contributed by atoms with van der Waals surface area (Å²) in [7, 11) is 0. The summed E-state index contributed by atoms with van der Waals surface area (Å²) in [6, 6.07) is 10.6. The Kier molecular flexibility index (Phi) is 5.72. The van der Waals surface area contributed by atoms with Crippen LogP contribution in [0.15, 0.2) is 35.5 Å². The molecule has 1 aliphatic carbocycles. The SMILES string of the molecule is c1ccc(-n2c(CN3CCCC3)nnc2SCC2CCCCC2)cc1. The smallest absolute Gasteiger partial charge is 0.195 e. The van der Waals surface area contributed by atoms with E-state index in [1.54, 1.807) is 0 Å². The van der Waals surface area contributed by atoms with Crippen molar-refractivity contribution in [3.63, 3.8) is 0 Å². The van der Waals surface area contributed by atoms with E-state index in [1.165, 1.54) is 69.5 Å². The minimum Gasteiger partial charge on any atom is -0.296 e. The minimum atomic E-state index is 0.849. The number of likely N-dealkylation sites (tertiary alicyclic amines) is 1. The molecule has 0 spiro atoms. The van der Waals surface area contributed by atoms with Crippen LogP contribution in [0.2, 0.25) is 0 Å². The predicted octanol–water partition coefficient (Wildman–Crippen LogP) is 4.54. The first-order chi connectivity index (χ1) is 12.4. The zero-order chi connectivity index (χ0) is 16.9. The van der Waals surface area contributed by atoms with Crippen LogP contribution in [0, 0.1) is 5.92 Å². The Labute approximate surface area is 155 Å². The Balaban J connectivity index is 1.53. The minimum absolute atomic E-state index is 0.849. The molecule has 1 saturated carbocycles. The van der Waals surface area contributed by atoms with Gasteiger partial charge < -0.3 is 0 Å². The van der Waals surface area contributed by atoms with Gasteiger partial charge in [-0.2, -0.15) is 0 Å². The molecule has 4 rings (SSSR count). The summed E-state index contributed by atoms with van der Waals surface area (Å²) >= 11 is 1.90. The van der Waals surface area contributed by atoms with Crippen LogP contribution < -0.4 is 0 Å². The van der Waals surface area contributed by atoms with Gasteiger partial charge in [0.1, 0.15) is 0 Å². The lowest BCUT2D eigenvalue weighted by Gasteiger charge is -2.21. The monoisotopic (exact) mass is 356 g/mol. The fourth-order valence-electron chi connectivity index (χ4n) is 4.02. The van der Waals surface area contributed by atoms with E-state index < -0.39 is 0 Å². The second-order valence-corrected chi connectivity index (χ2v) is 8.36. The van der Waals surface area contributed by atoms with Gasteiger partial charge >= 0.3 is 0 Å². The summed E-state index contributed by atoms with van der Waals surface area (Å²) < 4.78 is 2.28. The lowest BCUT2D eigenvalue weighted by molar-refractivity contribution is 0.319. The molecule has 1 saturated heterocycles. The third-order valence-corrected chi connectivity index (χ3v) is 6.61. The molecule has 25 heavy (non-hydrogen) atoms. The van der Waals surface area contributed by atoms with Gasteiger partial charge in [0.2, 0.25) is 0 Å². The average molecular weight is 357 g/mol. The van der Waals surface area contributed by atoms with Crippen LogP contribution in [0.5, 0.6) is 0 Å². The lowest BCUT2D eigenvalue weighted by Crippen LogP contribution is -2.21. The van der Waals surface area contributed by atoms with Crippen LogP contribution in [0.3, 0.4) is 0 Å². The molecule has 1 aromatic carbocycles. The highest BCUT2D eigenvalue weighted by atomic mass is 32.2. The summed E-state index contributed by atoms with van der Waals surface area (Å²) in [5.41, 5.74) is 1.19. The summed E-state index contributed by atoms with van der Waals surface area (Å²) in [4.78, 5) is 2.50. The highest BCUT2D eigenvalue weighted by Crippen LogP contribution is 2.31. The molecule has 1 aromatic heterocycles. The largest absolute Gasteiger partial charge is 0.296 e. The zero-order valence-corrected chi connectivity index (χ0v) is 15.8. The fourth-order valence-corrected chi connectivity index (χ4v) is 5.18. The number of hydrogen-bond acceptors (Lipinski definition) is 4. The summed E-state index contributed by atoms with van der Waals surface area (Å²) in [5, 5.41) is 10.2. The van der Waals surface area contributed by atoms with Gasteiger partial charge in [-0.05, 0) is 56.8 Å². The fraction of sp³-hybridized carbons (Fsp3) is 0.600. The highest BCUT2D eigenvalue weighted by molar-refractivity contribution is 7.99. The quantitative estimate of drug-likeness (QED) is 0.712. The van der Waals surface area contributed by atoms with Crippen molar-refractivity contribution in [1.82, 2.24) is 19.7 Å². The molecule has 1 aliphatic heterocycles. The zero-order valence-electron chi connectivity index (χ0n) is 14.9. The van der Waals surface area contributed by atoms with Crippen LogP contribution in [0.1, 0.15) is 50.8 Å². The van der Waals surface area contributed by atoms with Crippen LogP contribution in [0.25, 0.3) is 5.69 Å². The maximum atomic E-state index is 4.57. The number of aromatic nitrogens is 3. The first-order valence-corrected chi connectivity index (χ1v) is 10.7. The Morgan fingerprint density at radius 2 is 1.68 bits per heavy atom. The molecule has 134 valence electrons. The van der Waals surface area contributed by atoms with Crippen LogP contribution >= 0.6 is 11.8 Å². The molecule has 4 nitrogen and oxygen atoms in total. The molecule has 2 heterocycles. The Morgan fingerprint density at radius 3 is 2.44 bits per heavy atom. The summed E-state index contributed by atoms with van der Waals surface area (Å²) in [6.45, 7) is 3.28. The van der Waals surface area contributed by atoms with Crippen molar-refractivity contribution in [1.29, 1.82) is 0 Å². The van der Waals surface area contributed by atoms with Crippen molar-refractivity contribution in [2.45, 2.75) is 56.6 Å². The first kappa shape index (κ1) is 17.1. The second-order valence-electron chi connectivity index (χ2n) is 7.37. The standard InChI is InChI=1S/C20H28N4S/c1-3-9-17(10-4-1)16-25-20-22-21-19(15-23-13-7-8-14-23)24(20)18-11-5-2-6-12-18/h2,5-6,11-12,17H,1,3-4,7-10,13-16H2. The molecule has 2 aromatic rings. The summed E-state index contributed by atoms with van der Waals surface area (Å²) in [6.07, 6.45) is 9.60. The number of benzene rings is 1. The van der Waals surface area contributed by atoms with E-state index in [0.29, 0.717) is 0 Å². The summed E-state index contributed by atoms with van der Waals surface area (Å²) in [5.74, 6) is 3.11. The van der Waals surface area contributed by atoms with E-state index in [1.807, 2.05) is 11.8 Å². The molecular formula is C20H28N4S. The van der Waals surface area contributed by atoms with Gasteiger partial charge in [-0.15, -0.1) is 10.2 Å². The molecule has 0 bridgehead atoms. The lowest BCUT2D eigenvalue weighted by atomic mass is 9.91. The molecule has 2 fully saturated rings. The number of thioether (sulfide) groups is 1. The molecule has 2 aliphatic rings. The second kappa shape index (κ2) is 8.37. The van der Waals surface area contributed by atoms with Crippen LogP contribution in [0.4, 0.5) is 0 Å². The molecular weight excluding hydrogens is 328 g/mol. The Morgan fingerprint density at radius 1 is 0.920 bits per heavy atom. The maximum absolute atomic E-state index is 4.57. The van der Waals surface area contributed by atoms with Gasteiger partial charge in [0, 0.05) is 11.4 Å². The van der Waals surface area contributed by atoms with Gasteiger partial charge in [0.05, 0.1) is 6.54 Å². The molecule has 0 unspecified atom stereocenters. The number of rotatable bonds is 6. The van der Waals surface area contributed by atoms with E-state index in [0.717, 1.165) is 23.4 Å². The van der Waals surface area contributed by atoms with Gasteiger partial charge in [0.15, 0.2) is 11.0 Å². The average Bonchev–Trinajstić information content (AvgIpc) is 3.32. The van der Waals surface area contributed by atoms with Gasteiger partial charge in [-0.25, -0.2) is 0 Å². The topological polar surface area (TPSA) is 34.0 Å². The van der Waals surface area contributed by atoms with E-state index in [4.69, 9.17) is 0 Å². The van der Waals surface area contributed by atoms with Crippen molar-refractivity contribution in [3.8, 4) is 5.69 Å².